The molecule has 1 aliphatic heterocycles. The molecular formula is C26H25F7N4O3. The number of hydrogen-bond donors (Lipinski definition) is 3. The molecule has 3 rings (SSSR count). The van der Waals surface area contributed by atoms with Gasteiger partial charge in [0.2, 0.25) is 18.0 Å². The van der Waals surface area contributed by atoms with Crippen LogP contribution in [0.3, 0.4) is 0 Å². The van der Waals surface area contributed by atoms with Gasteiger partial charge in [-0.05, 0) is 18.9 Å². The maximum Gasteiger partial charge on any atom is 0.391 e. The fourth-order valence-electron chi connectivity index (χ4n) is 4.29. The van der Waals surface area contributed by atoms with E-state index in [0.717, 1.165) is 6.07 Å². The molecule has 0 unspecified atom stereocenters. The van der Waals surface area contributed by atoms with Gasteiger partial charge >= 0.3 is 12.4 Å². The van der Waals surface area contributed by atoms with Gasteiger partial charge in [0.25, 0.3) is 5.91 Å². The molecule has 1 aliphatic rings. The Hall–Kier alpha value is -3.97. The van der Waals surface area contributed by atoms with Gasteiger partial charge in [0.1, 0.15) is 5.82 Å². The maximum absolute atomic E-state index is 14.6. The summed E-state index contributed by atoms with van der Waals surface area (Å²) >= 11 is 0. The highest BCUT2D eigenvalue weighted by Gasteiger charge is 2.44. The summed E-state index contributed by atoms with van der Waals surface area (Å²) < 4.78 is 93.4. The van der Waals surface area contributed by atoms with Crippen LogP contribution < -0.4 is 16.4 Å². The van der Waals surface area contributed by atoms with E-state index in [-0.39, 0.29) is 17.0 Å². The number of nitrogens with two attached hydrogens (primary N) is 1. The van der Waals surface area contributed by atoms with Crippen molar-refractivity contribution in [2.24, 2.45) is 28.5 Å². The second kappa shape index (κ2) is 12.0. The van der Waals surface area contributed by atoms with E-state index >= 15 is 0 Å². The van der Waals surface area contributed by atoms with Crippen LogP contribution in [0.15, 0.2) is 53.5 Å². The third-order valence-electron chi connectivity index (χ3n) is 6.44. The van der Waals surface area contributed by atoms with Crippen LogP contribution in [-0.4, -0.2) is 42.0 Å². The summed E-state index contributed by atoms with van der Waals surface area (Å²) in [5.41, 5.74) is 5.56. The summed E-state index contributed by atoms with van der Waals surface area (Å²) in [6.07, 6.45) is -15.2. The molecule has 0 aliphatic carbocycles. The number of anilines is 1. The monoisotopic (exact) mass is 574 g/mol. The minimum Gasteiger partial charge on any atom is -0.369 e. The Bertz CT molecular complexity index is 1280. The summed E-state index contributed by atoms with van der Waals surface area (Å²) in [7, 11) is 0. The van der Waals surface area contributed by atoms with Gasteiger partial charge in [-0.15, -0.1) is 0 Å². The SMILES string of the molecule is C[C@@H](C[C@H](C(N)=O)[C@@H](CCC(F)(F)F)C(=O)N[C@H]1N=C(c2ccccc2)c2cccc(F)c2NC1=O)C(F)(F)F. The van der Waals surface area contributed by atoms with Crippen LogP contribution in [0.1, 0.15) is 37.3 Å². The number of nitrogens with zero attached hydrogens (tertiary/aromatic N) is 1. The van der Waals surface area contributed by atoms with Gasteiger partial charge in [-0.3, -0.25) is 14.4 Å². The molecule has 7 nitrogen and oxygen atoms in total. The number of halogens is 7. The number of primary amides is 1. The summed E-state index contributed by atoms with van der Waals surface area (Å²) in [5, 5.41) is 4.41. The highest BCUT2D eigenvalue weighted by molar-refractivity contribution is 6.20. The lowest BCUT2D eigenvalue weighted by molar-refractivity contribution is -0.177. The van der Waals surface area contributed by atoms with E-state index in [1.165, 1.54) is 12.1 Å². The quantitative estimate of drug-likeness (QED) is 0.377. The third-order valence-corrected chi connectivity index (χ3v) is 6.44. The van der Waals surface area contributed by atoms with E-state index in [4.69, 9.17) is 5.73 Å². The van der Waals surface area contributed by atoms with Gasteiger partial charge in [-0.25, -0.2) is 9.38 Å². The number of carbonyl (C=O) groups is 3. The number of benzodiazepines with no additional fused rings is 1. The van der Waals surface area contributed by atoms with E-state index in [1.807, 2.05) is 0 Å². The van der Waals surface area contributed by atoms with Crippen LogP contribution in [0.25, 0.3) is 0 Å². The topological polar surface area (TPSA) is 114 Å². The molecule has 0 saturated heterocycles. The number of alkyl halides is 6. The van der Waals surface area contributed by atoms with E-state index in [9.17, 15) is 45.1 Å². The Morgan fingerprint density at radius 1 is 1.02 bits per heavy atom. The standard InChI is InChI=1S/C26H25F7N4O3/c1-13(26(31,32)33)12-17(21(34)38)15(10-11-25(28,29)30)23(39)37-22-24(40)36-20-16(8-5-9-18(20)27)19(35-22)14-6-3-2-4-7-14/h2-9,13,15,17,22H,10-12H2,1H3,(H2,34,38)(H,36,40)(H,37,39)/t13-,15+,17-,22+/m0/s1. The number of aliphatic imine (C=N–C) groups is 1. The van der Waals surface area contributed by atoms with Crippen molar-refractivity contribution in [3.63, 3.8) is 0 Å². The number of nitrogens with one attached hydrogen (secondary N) is 2. The Balaban J connectivity index is 2.01. The minimum absolute atomic E-state index is 0.0442. The summed E-state index contributed by atoms with van der Waals surface area (Å²) in [5.74, 6) is -10.8. The average Bonchev–Trinajstić information content (AvgIpc) is 2.99. The number of carbonyl (C=O) groups excluding carboxylic acids is 3. The molecule has 216 valence electrons. The Kier molecular flexibility index (Phi) is 9.21. The van der Waals surface area contributed by atoms with Crippen LogP contribution in [-0.2, 0) is 14.4 Å². The Morgan fingerprint density at radius 3 is 2.25 bits per heavy atom. The summed E-state index contributed by atoms with van der Waals surface area (Å²) in [4.78, 5) is 42.6. The number of rotatable bonds is 9. The lowest BCUT2D eigenvalue weighted by Crippen LogP contribution is -2.48. The van der Waals surface area contributed by atoms with Crippen LogP contribution >= 0.6 is 0 Å². The van der Waals surface area contributed by atoms with Crippen molar-refractivity contribution in [2.45, 2.75) is 44.7 Å². The van der Waals surface area contributed by atoms with Gasteiger partial charge in [0.15, 0.2) is 0 Å². The third kappa shape index (κ3) is 7.57. The number of fused-ring (bicyclic) bond motifs is 1. The van der Waals surface area contributed by atoms with Crippen molar-refractivity contribution < 1.29 is 45.1 Å². The number of amides is 3. The molecule has 40 heavy (non-hydrogen) atoms. The van der Waals surface area contributed by atoms with E-state index < -0.39 is 79.1 Å². The van der Waals surface area contributed by atoms with Gasteiger partial charge in [-0.1, -0.05) is 49.4 Å². The minimum atomic E-state index is -4.81. The zero-order valence-corrected chi connectivity index (χ0v) is 20.9. The second-order valence-electron chi connectivity index (χ2n) is 9.35. The highest BCUT2D eigenvalue weighted by Crippen LogP contribution is 2.36. The molecule has 0 fully saturated rings. The van der Waals surface area contributed by atoms with Crippen LogP contribution in [0, 0.1) is 23.6 Å². The smallest absolute Gasteiger partial charge is 0.369 e. The van der Waals surface area contributed by atoms with Crippen molar-refractivity contribution in [2.75, 3.05) is 5.32 Å². The Labute approximate surface area is 224 Å². The molecule has 14 heteroatoms. The first-order chi connectivity index (χ1) is 18.6. The number of para-hydroxylation sites is 1. The lowest BCUT2D eigenvalue weighted by Gasteiger charge is -2.28. The summed E-state index contributed by atoms with van der Waals surface area (Å²) in [6.45, 7) is 0.704. The van der Waals surface area contributed by atoms with Crippen LogP contribution in [0.5, 0.6) is 0 Å². The fourth-order valence-corrected chi connectivity index (χ4v) is 4.29. The predicted molar refractivity (Wildman–Crippen MR) is 130 cm³/mol. The van der Waals surface area contributed by atoms with Crippen molar-refractivity contribution in [1.29, 1.82) is 0 Å². The normalized spacial score (nSPS) is 17.9. The number of hydrogen-bond acceptors (Lipinski definition) is 4. The van der Waals surface area contributed by atoms with Crippen LogP contribution in [0.4, 0.5) is 36.4 Å². The molecule has 3 amide bonds. The summed E-state index contributed by atoms with van der Waals surface area (Å²) in [6, 6.07) is 11.9. The fraction of sp³-hybridized carbons (Fsp3) is 0.385. The lowest BCUT2D eigenvalue weighted by atomic mass is 9.80. The van der Waals surface area contributed by atoms with Gasteiger partial charge in [-0.2, -0.15) is 26.3 Å². The second-order valence-corrected chi connectivity index (χ2v) is 9.35. The molecular weight excluding hydrogens is 549 g/mol. The Morgan fingerprint density at radius 2 is 1.68 bits per heavy atom. The average molecular weight is 574 g/mol. The number of benzene rings is 2. The van der Waals surface area contributed by atoms with Crippen molar-refractivity contribution in [1.82, 2.24) is 5.32 Å². The zero-order valence-electron chi connectivity index (χ0n) is 20.9. The zero-order chi connectivity index (χ0) is 29.8. The van der Waals surface area contributed by atoms with E-state index in [1.54, 1.807) is 30.3 Å². The van der Waals surface area contributed by atoms with Gasteiger partial charge in [0.05, 0.1) is 17.3 Å². The molecule has 1 heterocycles. The van der Waals surface area contributed by atoms with E-state index in [2.05, 4.69) is 15.6 Å². The first-order valence-corrected chi connectivity index (χ1v) is 12.0. The first-order valence-electron chi connectivity index (χ1n) is 12.0. The molecule has 0 saturated carbocycles. The highest BCUT2D eigenvalue weighted by atomic mass is 19.4. The van der Waals surface area contributed by atoms with Crippen molar-refractivity contribution in [3.8, 4) is 0 Å². The molecule has 4 N–H and O–H groups in total. The van der Waals surface area contributed by atoms with Gasteiger partial charge in [0, 0.05) is 29.4 Å². The van der Waals surface area contributed by atoms with Crippen molar-refractivity contribution >= 4 is 29.1 Å². The first kappa shape index (κ1) is 30.6. The molecule has 0 aromatic heterocycles. The molecule has 2 aromatic carbocycles. The largest absolute Gasteiger partial charge is 0.391 e. The molecule has 0 bridgehead atoms. The maximum atomic E-state index is 14.6. The predicted octanol–water partition coefficient (Wildman–Crippen LogP) is 4.71. The molecule has 2 aromatic rings. The molecule has 0 radical (unpaired) electrons. The van der Waals surface area contributed by atoms with Crippen molar-refractivity contribution in [3.05, 3.63) is 65.5 Å². The van der Waals surface area contributed by atoms with Gasteiger partial charge < -0.3 is 16.4 Å². The molecule has 4 atom stereocenters. The van der Waals surface area contributed by atoms with E-state index in [0.29, 0.717) is 12.5 Å². The molecule has 0 spiro atoms. The van der Waals surface area contributed by atoms with Crippen LogP contribution in [0.2, 0.25) is 0 Å².